The minimum atomic E-state index is -0.891. The van der Waals surface area contributed by atoms with Crippen molar-refractivity contribution in [3.8, 4) is 11.1 Å². The largest absolute Gasteiger partial charge is 0.481 e. The number of ether oxygens (including phenoxy) is 2. The Balaban J connectivity index is 1.45. The molecule has 8 heteroatoms. The van der Waals surface area contributed by atoms with Gasteiger partial charge in [0.1, 0.15) is 12.2 Å². The number of carboxylic acid groups (broad SMARTS) is 1. The first-order valence-electron chi connectivity index (χ1n) is 12.4. The van der Waals surface area contributed by atoms with Gasteiger partial charge in [-0.1, -0.05) is 48.5 Å². The van der Waals surface area contributed by atoms with Crippen LogP contribution in [-0.2, 0) is 14.3 Å². The van der Waals surface area contributed by atoms with Crippen molar-refractivity contribution in [2.75, 3.05) is 19.7 Å². The Hall–Kier alpha value is -3.55. The lowest BCUT2D eigenvalue weighted by molar-refractivity contribution is -0.138. The predicted molar refractivity (Wildman–Crippen MR) is 135 cm³/mol. The van der Waals surface area contributed by atoms with Gasteiger partial charge in [0.25, 0.3) is 0 Å². The predicted octanol–water partition coefficient (Wildman–Crippen LogP) is 5.02. The molecule has 1 fully saturated rings. The first-order valence-corrected chi connectivity index (χ1v) is 12.4. The third kappa shape index (κ3) is 5.98. The average Bonchev–Trinajstić information content (AvgIpc) is 3.14. The van der Waals surface area contributed by atoms with Gasteiger partial charge in [0, 0.05) is 25.4 Å². The molecule has 0 bridgehead atoms. The van der Waals surface area contributed by atoms with Gasteiger partial charge < -0.3 is 24.8 Å². The maximum Gasteiger partial charge on any atom is 0.410 e. The first-order chi connectivity index (χ1) is 17.1. The van der Waals surface area contributed by atoms with Crippen LogP contribution in [0, 0.1) is 5.92 Å². The average molecular weight is 495 g/mol. The van der Waals surface area contributed by atoms with Crippen molar-refractivity contribution in [3.05, 3.63) is 59.7 Å². The molecule has 2 amide bonds. The molecule has 1 saturated heterocycles. The van der Waals surface area contributed by atoms with Crippen molar-refractivity contribution < 1.29 is 29.0 Å². The van der Waals surface area contributed by atoms with Crippen LogP contribution >= 0.6 is 0 Å². The van der Waals surface area contributed by atoms with Crippen LogP contribution < -0.4 is 5.32 Å². The van der Waals surface area contributed by atoms with E-state index in [9.17, 15) is 19.5 Å². The number of carbonyl (C=O) groups excluding carboxylic acids is 2. The Morgan fingerprint density at radius 1 is 1.00 bits per heavy atom. The van der Waals surface area contributed by atoms with E-state index >= 15 is 0 Å². The van der Waals surface area contributed by atoms with Gasteiger partial charge in [-0.05, 0) is 61.8 Å². The zero-order chi connectivity index (χ0) is 25.9. The van der Waals surface area contributed by atoms with E-state index < -0.39 is 23.8 Å². The first kappa shape index (κ1) is 25.5. The number of hydrogen-bond acceptors (Lipinski definition) is 5. The van der Waals surface area contributed by atoms with Crippen LogP contribution in [0.1, 0.15) is 57.1 Å². The number of benzene rings is 2. The number of carbonyl (C=O) groups is 3. The lowest BCUT2D eigenvalue weighted by Crippen LogP contribution is -2.52. The highest BCUT2D eigenvalue weighted by Crippen LogP contribution is 2.44. The maximum absolute atomic E-state index is 13.3. The highest BCUT2D eigenvalue weighted by molar-refractivity contribution is 5.79. The van der Waals surface area contributed by atoms with Gasteiger partial charge in [-0.25, -0.2) is 9.59 Å². The summed E-state index contributed by atoms with van der Waals surface area (Å²) in [4.78, 5) is 38.4. The fraction of sp³-hybridized carbons (Fsp3) is 0.464. The Morgan fingerprint density at radius 2 is 1.61 bits per heavy atom. The number of nitrogens with zero attached hydrogens (tertiary/aromatic N) is 1. The lowest BCUT2D eigenvalue weighted by atomic mass is 9.90. The van der Waals surface area contributed by atoms with Crippen LogP contribution in [0.25, 0.3) is 11.1 Å². The molecule has 0 saturated carbocycles. The van der Waals surface area contributed by atoms with E-state index in [-0.39, 0.29) is 44.0 Å². The molecule has 2 atom stereocenters. The molecule has 36 heavy (non-hydrogen) atoms. The molecule has 2 N–H and O–H groups in total. The normalized spacial score (nSPS) is 19.2. The van der Waals surface area contributed by atoms with Crippen molar-refractivity contribution in [1.29, 1.82) is 0 Å². The van der Waals surface area contributed by atoms with E-state index in [1.54, 1.807) is 25.7 Å². The Bertz CT molecular complexity index is 1080. The fourth-order valence-electron chi connectivity index (χ4n) is 5.14. The van der Waals surface area contributed by atoms with Gasteiger partial charge in [0.15, 0.2) is 0 Å². The standard InChI is InChI=1S/C28H34N2O6/c1-28(2,3)36-26(33)29-15-19-13-12-18(14-25(31)32)16-30(19)27(34)35-17-24-22-10-6-4-8-20(22)21-9-5-7-11-23(21)24/h4-11,18-19,24H,12-17H2,1-3H3,(H,29,33)(H,31,32). The number of aliphatic carboxylic acids is 1. The minimum absolute atomic E-state index is 0.0145. The van der Waals surface area contributed by atoms with Crippen LogP contribution in [0.3, 0.4) is 0 Å². The Labute approximate surface area is 211 Å². The second-order valence-corrected chi connectivity index (χ2v) is 10.5. The second kappa shape index (κ2) is 10.6. The summed E-state index contributed by atoms with van der Waals surface area (Å²) < 4.78 is 11.2. The Kier molecular flexibility index (Phi) is 7.52. The maximum atomic E-state index is 13.3. The molecule has 1 aliphatic carbocycles. The van der Waals surface area contributed by atoms with Crippen molar-refractivity contribution in [1.82, 2.24) is 10.2 Å². The summed E-state index contributed by atoms with van der Waals surface area (Å²) in [5.41, 5.74) is 3.91. The molecule has 8 nitrogen and oxygen atoms in total. The van der Waals surface area contributed by atoms with Crippen LogP contribution in [0.5, 0.6) is 0 Å². The minimum Gasteiger partial charge on any atom is -0.481 e. The quantitative estimate of drug-likeness (QED) is 0.585. The molecule has 2 aromatic carbocycles. The van der Waals surface area contributed by atoms with E-state index in [1.165, 1.54) is 0 Å². The summed E-state index contributed by atoms with van der Waals surface area (Å²) in [5, 5.41) is 12.0. The molecule has 192 valence electrons. The monoisotopic (exact) mass is 494 g/mol. The lowest BCUT2D eigenvalue weighted by Gasteiger charge is -2.39. The summed E-state index contributed by atoms with van der Waals surface area (Å²) in [6.45, 7) is 6.01. The van der Waals surface area contributed by atoms with Crippen molar-refractivity contribution >= 4 is 18.2 Å². The third-order valence-electron chi connectivity index (χ3n) is 6.72. The zero-order valence-corrected chi connectivity index (χ0v) is 21.0. The molecule has 4 rings (SSSR count). The van der Waals surface area contributed by atoms with E-state index in [1.807, 2.05) is 24.3 Å². The molecular formula is C28H34N2O6. The summed E-state index contributed by atoms with van der Waals surface area (Å²) in [6.07, 6.45) is 0.155. The van der Waals surface area contributed by atoms with E-state index in [4.69, 9.17) is 9.47 Å². The van der Waals surface area contributed by atoms with Gasteiger partial charge in [0.2, 0.25) is 0 Å². The Morgan fingerprint density at radius 3 is 2.19 bits per heavy atom. The smallest absolute Gasteiger partial charge is 0.410 e. The molecule has 0 spiro atoms. The number of carboxylic acids is 1. The van der Waals surface area contributed by atoms with E-state index in [0.717, 1.165) is 22.3 Å². The van der Waals surface area contributed by atoms with Gasteiger partial charge in [-0.2, -0.15) is 0 Å². The molecule has 2 aliphatic rings. The highest BCUT2D eigenvalue weighted by atomic mass is 16.6. The number of rotatable bonds is 6. The summed E-state index contributed by atoms with van der Waals surface area (Å²) >= 11 is 0. The molecule has 2 unspecified atom stereocenters. The van der Waals surface area contributed by atoms with Gasteiger partial charge in [0.05, 0.1) is 6.04 Å². The van der Waals surface area contributed by atoms with Crippen molar-refractivity contribution in [2.45, 2.75) is 57.6 Å². The number of alkyl carbamates (subject to hydrolysis) is 1. The SMILES string of the molecule is CC(C)(C)OC(=O)NCC1CCC(CC(=O)O)CN1C(=O)OCC1c2ccccc2-c2ccccc21. The van der Waals surface area contributed by atoms with Crippen molar-refractivity contribution in [2.24, 2.45) is 5.92 Å². The summed E-state index contributed by atoms with van der Waals surface area (Å²) in [7, 11) is 0. The molecule has 2 aromatic rings. The molecular weight excluding hydrogens is 460 g/mol. The number of likely N-dealkylation sites (tertiary alicyclic amines) is 1. The van der Waals surface area contributed by atoms with Gasteiger partial charge >= 0.3 is 18.2 Å². The number of hydrogen-bond donors (Lipinski definition) is 2. The number of fused-ring (bicyclic) bond motifs is 3. The van der Waals surface area contributed by atoms with E-state index in [0.29, 0.717) is 12.8 Å². The highest BCUT2D eigenvalue weighted by Gasteiger charge is 2.35. The van der Waals surface area contributed by atoms with Crippen LogP contribution in [0.4, 0.5) is 9.59 Å². The van der Waals surface area contributed by atoms with E-state index in [2.05, 4.69) is 29.6 Å². The summed E-state index contributed by atoms with van der Waals surface area (Å²) in [5.74, 6) is -1.13. The number of nitrogens with one attached hydrogen (secondary N) is 1. The molecule has 0 aromatic heterocycles. The second-order valence-electron chi connectivity index (χ2n) is 10.5. The topological polar surface area (TPSA) is 105 Å². The van der Waals surface area contributed by atoms with Crippen LogP contribution in [0.15, 0.2) is 48.5 Å². The van der Waals surface area contributed by atoms with Crippen LogP contribution in [-0.4, -0.2) is 59.5 Å². The third-order valence-corrected chi connectivity index (χ3v) is 6.72. The molecule has 0 radical (unpaired) electrons. The fourth-order valence-corrected chi connectivity index (χ4v) is 5.14. The van der Waals surface area contributed by atoms with Gasteiger partial charge in [-0.15, -0.1) is 0 Å². The number of amides is 2. The van der Waals surface area contributed by atoms with Gasteiger partial charge in [-0.3, -0.25) is 4.79 Å². The van der Waals surface area contributed by atoms with Crippen molar-refractivity contribution in [3.63, 3.8) is 0 Å². The van der Waals surface area contributed by atoms with Crippen LogP contribution in [0.2, 0.25) is 0 Å². The molecule has 1 aliphatic heterocycles. The summed E-state index contributed by atoms with van der Waals surface area (Å²) in [6, 6.07) is 15.9. The number of piperidine rings is 1. The zero-order valence-electron chi connectivity index (χ0n) is 21.0. The molecule has 1 heterocycles.